The maximum atomic E-state index is 12.0. The number of halogens is 1. The molecule has 0 aliphatic carbocycles. The molecule has 0 unspecified atom stereocenters. The summed E-state index contributed by atoms with van der Waals surface area (Å²) in [5.41, 5.74) is 0.871. The molecule has 2 heterocycles. The molecule has 1 aromatic heterocycles. The molecule has 0 atom stereocenters. The lowest BCUT2D eigenvalue weighted by molar-refractivity contribution is -0.121. The largest absolute Gasteiger partial charge is 0.357 e. The number of aromatic nitrogens is 1. The molecule has 1 fully saturated rings. The number of pyridine rings is 1. The minimum atomic E-state index is -0.239. The molecule has 1 saturated heterocycles. The van der Waals surface area contributed by atoms with Gasteiger partial charge in [-0.25, -0.2) is 9.98 Å². The predicted molar refractivity (Wildman–Crippen MR) is 122 cm³/mol. The Balaban J connectivity index is 0.00000364. The first-order valence-corrected chi connectivity index (χ1v) is 9.40. The second-order valence-corrected chi connectivity index (χ2v) is 7.56. The average molecular weight is 488 g/mol. The molecule has 3 N–H and O–H groups in total. The van der Waals surface area contributed by atoms with Gasteiger partial charge in [-0.3, -0.25) is 4.79 Å². The van der Waals surface area contributed by atoms with Crippen LogP contribution in [0.5, 0.6) is 0 Å². The molecule has 152 valence electrons. The van der Waals surface area contributed by atoms with E-state index in [0.29, 0.717) is 12.5 Å². The number of amides is 1. The first-order chi connectivity index (χ1) is 12.4. The second kappa shape index (κ2) is 11.3. The fourth-order valence-corrected chi connectivity index (χ4v) is 2.82. The van der Waals surface area contributed by atoms with Crippen LogP contribution in [0, 0.1) is 0 Å². The number of hydrogen-bond donors (Lipinski definition) is 3. The molecule has 2 rings (SSSR count). The molecule has 0 aromatic carbocycles. The highest BCUT2D eigenvalue weighted by Gasteiger charge is 2.14. The number of aliphatic imine (C=N–C) groups is 1. The molecular weight excluding hydrogens is 455 g/mol. The highest BCUT2D eigenvalue weighted by Crippen LogP contribution is 2.18. The van der Waals surface area contributed by atoms with E-state index >= 15 is 0 Å². The topological polar surface area (TPSA) is 81.7 Å². The Morgan fingerprint density at radius 1 is 1.26 bits per heavy atom. The molecule has 1 aromatic rings. The van der Waals surface area contributed by atoms with Gasteiger partial charge < -0.3 is 20.9 Å². The van der Waals surface area contributed by atoms with Gasteiger partial charge in [0.25, 0.3) is 0 Å². The Hall–Kier alpha value is -1.58. The van der Waals surface area contributed by atoms with Gasteiger partial charge >= 0.3 is 0 Å². The van der Waals surface area contributed by atoms with Crippen molar-refractivity contribution in [2.45, 2.75) is 52.6 Å². The smallest absolute Gasteiger partial charge is 0.239 e. The zero-order valence-electron chi connectivity index (χ0n) is 16.8. The fraction of sp³-hybridized carbons (Fsp3) is 0.632. The number of carbonyl (C=O) groups is 1. The van der Waals surface area contributed by atoms with E-state index in [2.05, 4.69) is 36.9 Å². The summed E-state index contributed by atoms with van der Waals surface area (Å²) < 4.78 is 0. The van der Waals surface area contributed by atoms with Crippen molar-refractivity contribution >= 4 is 41.7 Å². The van der Waals surface area contributed by atoms with Crippen LogP contribution in [0.15, 0.2) is 23.3 Å². The van der Waals surface area contributed by atoms with Crippen LogP contribution < -0.4 is 20.9 Å². The lowest BCUT2D eigenvalue weighted by Gasteiger charge is -2.21. The van der Waals surface area contributed by atoms with Crippen molar-refractivity contribution in [3.05, 3.63) is 23.9 Å². The number of rotatable bonds is 6. The van der Waals surface area contributed by atoms with Crippen LogP contribution in [0.25, 0.3) is 0 Å². The summed E-state index contributed by atoms with van der Waals surface area (Å²) in [5.74, 6) is 1.61. The molecule has 0 radical (unpaired) electrons. The lowest BCUT2D eigenvalue weighted by atomic mass is 10.1. The predicted octanol–water partition coefficient (Wildman–Crippen LogP) is 2.27. The maximum absolute atomic E-state index is 12.0. The number of guanidine groups is 1. The Kier molecular flexibility index (Phi) is 9.82. The zero-order chi connectivity index (χ0) is 19.0. The molecular formula is C19H33IN6O. The van der Waals surface area contributed by atoms with Gasteiger partial charge in [-0.2, -0.15) is 0 Å². The summed E-state index contributed by atoms with van der Waals surface area (Å²) in [7, 11) is 0. The molecule has 1 aliphatic rings. The Morgan fingerprint density at radius 2 is 1.96 bits per heavy atom. The minimum absolute atomic E-state index is 0. The molecule has 1 amide bonds. The van der Waals surface area contributed by atoms with Gasteiger partial charge in [-0.15, -0.1) is 24.0 Å². The van der Waals surface area contributed by atoms with Crippen molar-refractivity contribution in [1.29, 1.82) is 0 Å². The van der Waals surface area contributed by atoms with E-state index < -0.39 is 0 Å². The van der Waals surface area contributed by atoms with Gasteiger partial charge in [0.1, 0.15) is 5.82 Å². The standard InChI is InChI=1S/C19H32N6O.HI/c1-5-20-18(23-14-17(26)24-19(2,3)4)22-13-15-8-9-21-16(12-15)25-10-6-7-11-25;/h8-9,12H,5-7,10-11,13-14H2,1-4H3,(H,24,26)(H2,20,22,23);1H. The van der Waals surface area contributed by atoms with E-state index in [-0.39, 0.29) is 42.0 Å². The summed E-state index contributed by atoms with van der Waals surface area (Å²) in [4.78, 5) is 23.3. The fourth-order valence-electron chi connectivity index (χ4n) is 2.82. The highest BCUT2D eigenvalue weighted by atomic mass is 127. The summed E-state index contributed by atoms with van der Waals surface area (Å²) in [6.45, 7) is 11.5. The van der Waals surface area contributed by atoms with Crippen LogP contribution >= 0.6 is 24.0 Å². The average Bonchev–Trinajstić information content (AvgIpc) is 3.11. The third-order valence-corrected chi connectivity index (χ3v) is 3.93. The van der Waals surface area contributed by atoms with E-state index in [4.69, 9.17) is 0 Å². The van der Waals surface area contributed by atoms with Crippen LogP contribution in [0.3, 0.4) is 0 Å². The van der Waals surface area contributed by atoms with E-state index in [0.717, 1.165) is 31.0 Å². The van der Waals surface area contributed by atoms with E-state index in [1.54, 1.807) is 0 Å². The van der Waals surface area contributed by atoms with Gasteiger partial charge in [0, 0.05) is 31.4 Å². The van der Waals surface area contributed by atoms with Crippen molar-refractivity contribution in [1.82, 2.24) is 20.9 Å². The summed E-state index contributed by atoms with van der Waals surface area (Å²) in [6.07, 6.45) is 4.31. The van der Waals surface area contributed by atoms with Gasteiger partial charge in [0.15, 0.2) is 5.96 Å². The van der Waals surface area contributed by atoms with Crippen molar-refractivity contribution in [3.8, 4) is 0 Å². The number of hydrogen-bond acceptors (Lipinski definition) is 4. The molecule has 0 saturated carbocycles. The minimum Gasteiger partial charge on any atom is -0.357 e. The van der Waals surface area contributed by atoms with Crippen LogP contribution in [0.2, 0.25) is 0 Å². The normalized spacial score (nSPS) is 14.5. The first-order valence-electron chi connectivity index (χ1n) is 9.40. The van der Waals surface area contributed by atoms with Crippen molar-refractivity contribution < 1.29 is 4.79 Å². The van der Waals surface area contributed by atoms with Crippen LogP contribution in [0.1, 0.15) is 46.1 Å². The molecule has 27 heavy (non-hydrogen) atoms. The van der Waals surface area contributed by atoms with Crippen LogP contribution in [0.4, 0.5) is 5.82 Å². The molecule has 7 nitrogen and oxygen atoms in total. The van der Waals surface area contributed by atoms with E-state index in [1.807, 2.05) is 40.0 Å². The van der Waals surface area contributed by atoms with Gasteiger partial charge in [-0.05, 0) is 58.2 Å². The number of nitrogens with one attached hydrogen (secondary N) is 3. The monoisotopic (exact) mass is 488 g/mol. The third-order valence-electron chi connectivity index (χ3n) is 3.93. The second-order valence-electron chi connectivity index (χ2n) is 7.56. The Bertz CT molecular complexity index is 623. The van der Waals surface area contributed by atoms with Crippen molar-refractivity contribution in [2.24, 2.45) is 4.99 Å². The maximum Gasteiger partial charge on any atom is 0.239 e. The third kappa shape index (κ3) is 8.77. The van der Waals surface area contributed by atoms with Crippen molar-refractivity contribution in [3.63, 3.8) is 0 Å². The Labute approximate surface area is 179 Å². The molecule has 8 heteroatoms. The summed E-state index contributed by atoms with van der Waals surface area (Å²) in [5, 5.41) is 9.19. The molecule has 0 bridgehead atoms. The van der Waals surface area contributed by atoms with E-state index in [9.17, 15) is 4.79 Å². The van der Waals surface area contributed by atoms with Gasteiger partial charge in [-0.1, -0.05) is 0 Å². The van der Waals surface area contributed by atoms with Gasteiger partial charge in [0.05, 0.1) is 13.1 Å². The summed E-state index contributed by atoms with van der Waals surface area (Å²) >= 11 is 0. The Morgan fingerprint density at radius 3 is 2.59 bits per heavy atom. The highest BCUT2D eigenvalue weighted by molar-refractivity contribution is 14.0. The molecule has 0 spiro atoms. The van der Waals surface area contributed by atoms with Crippen LogP contribution in [-0.4, -0.2) is 48.6 Å². The quantitative estimate of drug-likeness (QED) is 0.325. The summed E-state index contributed by atoms with van der Waals surface area (Å²) in [6, 6.07) is 4.09. The van der Waals surface area contributed by atoms with Gasteiger partial charge in [0.2, 0.25) is 5.91 Å². The number of carbonyl (C=O) groups excluding carboxylic acids is 1. The van der Waals surface area contributed by atoms with Crippen LogP contribution in [-0.2, 0) is 11.3 Å². The van der Waals surface area contributed by atoms with E-state index in [1.165, 1.54) is 12.8 Å². The first kappa shape index (κ1) is 23.5. The number of anilines is 1. The lowest BCUT2D eigenvalue weighted by Crippen LogP contribution is -2.48. The zero-order valence-corrected chi connectivity index (χ0v) is 19.2. The SMILES string of the molecule is CCNC(=NCc1ccnc(N2CCCC2)c1)NCC(=O)NC(C)(C)C.I. The van der Waals surface area contributed by atoms with Crippen molar-refractivity contribution in [2.75, 3.05) is 31.1 Å². The molecule has 1 aliphatic heterocycles. The number of nitrogens with zero attached hydrogens (tertiary/aromatic N) is 3.